The molecule has 0 aromatic heterocycles. The molecule has 6 nitrogen and oxygen atoms in total. The number of benzene rings is 1. The highest BCUT2D eigenvalue weighted by Gasteiger charge is 2.37. The molecule has 20 heavy (non-hydrogen) atoms. The van der Waals surface area contributed by atoms with Crippen molar-refractivity contribution in [1.29, 1.82) is 0 Å². The fraction of sp³-hybridized carbons (Fsp3) is 0.455. The van der Waals surface area contributed by atoms with Crippen molar-refractivity contribution >= 4 is 25.5 Å². The molecule has 0 aliphatic carbocycles. The first-order valence-electron chi connectivity index (χ1n) is 5.87. The Balaban J connectivity index is 2.35. The van der Waals surface area contributed by atoms with Crippen LogP contribution in [0, 0.1) is 5.82 Å². The Morgan fingerprint density at radius 3 is 2.55 bits per heavy atom. The number of nitrogen functional groups attached to an aromatic ring is 1. The smallest absolute Gasteiger partial charge is 0.246 e. The van der Waals surface area contributed by atoms with E-state index >= 15 is 0 Å². The van der Waals surface area contributed by atoms with E-state index in [9.17, 15) is 21.2 Å². The molecule has 1 heterocycles. The third kappa shape index (κ3) is 2.79. The highest BCUT2D eigenvalue weighted by Crippen LogP contribution is 2.25. The van der Waals surface area contributed by atoms with E-state index in [0.29, 0.717) is 0 Å². The number of sulfone groups is 1. The zero-order valence-electron chi connectivity index (χ0n) is 10.8. The third-order valence-corrected chi connectivity index (χ3v) is 7.03. The number of halogens is 1. The van der Waals surface area contributed by atoms with Gasteiger partial charge in [0.05, 0.1) is 11.5 Å². The van der Waals surface area contributed by atoms with Crippen molar-refractivity contribution in [3.8, 4) is 0 Å². The van der Waals surface area contributed by atoms with Crippen LogP contribution in [0.5, 0.6) is 0 Å². The largest absolute Gasteiger partial charge is 0.399 e. The fourth-order valence-corrected chi connectivity index (χ4v) is 5.44. The average molecular weight is 322 g/mol. The Morgan fingerprint density at radius 2 is 2.05 bits per heavy atom. The first-order valence-corrected chi connectivity index (χ1v) is 9.13. The molecule has 1 aromatic carbocycles. The second kappa shape index (κ2) is 4.97. The predicted molar refractivity (Wildman–Crippen MR) is 72.8 cm³/mol. The van der Waals surface area contributed by atoms with Gasteiger partial charge in [-0.1, -0.05) is 0 Å². The Labute approximate surface area is 117 Å². The summed E-state index contributed by atoms with van der Waals surface area (Å²) in [7, 11) is -6.04. The second-order valence-electron chi connectivity index (χ2n) is 4.77. The monoisotopic (exact) mass is 322 g/mol. The van der Waals surface area contributed by atoms with Gasteiger partial charge < -0.3 is 5.73 Å². The van der Waals surface area contributed by atoms with Crippen LogP contribution in [0.25, 0.3) is 0 Å². The number of hydrogen-bond acceptors (Lipinski definition) is 5. The van der Waals surface area contributed by atoms with Crippen molar-refractivity contribution < 1.29 is 21.2 Å². The Hall–Kier alpha value is -1.19. The molecular weight excluding hydrogens is 307 g/mol. The van der Waals surface area contributed by atoms with E-state index in [1.807, 2.05) is 0 Å². The summed E-state index contributed by atoms with van der Waals surface area (Å²) in [6, 6.07) is 2.63. The molecule has 1 unspecified atom stereocenters. The Bertz CT molecular complexity index is 731. The predicted octanol–water partition coefficient (Wildman–Crippen LogP) is 0.215. The van der Waals surface area contributed by atoms with Gasteiger partial charge >= 0.3 is 0 Å². The molecule has 1 saturated heterocycles. The van der Waals surface area contributed by atoms with Crippen LogP contribution >= 0.6 is 0 Å². The van der Waals surface area contributed by atoms with Crippen LogP contribution in [-0.4, -0.2) is 45.7 Å². The summed E-state index contributed by atoms with van der Waals surface area (Å²) < 4.78 is 62.1. The van der Waals surface area contributed by atoms with Crippen molar-refractivity contribution in [3.63, 3.8) is 0 Å². The summed E-state index contributed by atoms with van der Waals surface area (Å²) in [4.78, 5) is -0.501. The van der Waals surface area contributed by atoms with E-state index < -0.39 is 36.6 Å². The lowest BCUT2D eigenvalue weighted by atomic mass is 10.3. The van der Waals surface area contributed by atoms with Gasteiger partial charge in [-0.2, -0.15) is 4.31 Å². The highest BCUT2D eigenvalue weighted by atomic mass is 32.2. The maximum absolute atomic E-state index is 13.7. The van der Waals surface area contributed by atoms with Gasteiger partial charge in [-0.05, 0) is 24.6 Å². The quantitative estimate of drug-likeness (QED) is 0.803. The lowest BCUT2D eigenvalue weighted by Gasteiger charge is -2.23. The van der Waals surface area contributed by atoms with Crippen LogP contribution in [0.15, 0.2) is 23.1 Å². The molecule has 0 amide bonds. The SMILES string of the molecule is CN(C1CCS(=O)(=O)C1)S(=O)(=O)c1ccc(N)cc1F. The molecular formula is C11H15FN2O4S2. The van der Waals surface area contributed by atoms with Gasteiger partial charge in [0, 0.05) is 18.8 Å². The summed E-state index contributed by atoms with van der Waals surface area (Å²) in [5.74, 6) is -1.24. The molecule has 112 valence electrons. The van der Waals surface area contributed by atoms with Crippen LogP contribution in [0.2, 0.25) is 0 Å². The van der Waals surface area contributed by atoms with E-state index in [0.717, 1.165) is 16.4 Å². The van der Waals surface area contributed by atoms with E-state index in [-0.39, 0.29) is 23.6 Å². The van der Waals surface area contributed by atoms with Crippen LogP contribution in [0.4, 0.5) is 10.1 Å². The van der Waals surface area contributed by atoms with Crippen LogP contribution in [-0.2, 0) is 19.9 Å². The molecule has 0 saturated carbocycles. The molecule has 0 bridgehead atoms. The van der Waals surface area contributed by atoms with E-state index in [1.54, 1.807) is 0 Å². The second-order valence-corrected chi connectivity index (χ2v) is 8.96. The normalized spacial score (nSPS) is 22.2. The zero-order valence-corrected chi connectivity index (χ0v) is 12.4. The first kappa shape index (κ1) is 15.2. The highest BCUT2D eigenvalue weighted by molar-refractivity contribution is 7.92. The number of nitrogens with zero attached hydrogens (tertiary/aromatic N) is 1. The summed E-state index contributed by atoms with van der Waals surface area (Å²) in [5, 5.41) is 0. The molecule has 1 atom stereocenters. The number of sulfonamides is 1. The van der Waals surface area contributed by atoms with Crippen LogP contribution in [0.3, 0.4) is 0 Å². The molecule has 0 spiro atoms. The van der Waals surface area contributed by atoms with Gasteiger partial charge in [0.25, 0.3) is 0 Å². The summed E-state index contributed by atoms with van der Waals surface area (Å²) >= 11 is 0. The molecule has 1 aliphatic rings. The molecule has 2 N–H and O–H groups in total. The van der Waals surface area contributed by atoms with Gasteiger partial charge in [-0.15, -0.1) is 0 Å². The van der Waals surface area contributed by atoms with Crippen molar-refractivity contribution in [2.75, 3.05) is 24.3 Å². The fourth-order valence-electron chi connectivity index (χ4n) is 2.14. The number of hydrogen-bond donors (Lipinski definition) is 1. The Kier molecular flexibility index (Phi) is 3.78. The lowest BCUT2D eigenvalue weighted by Crippen LogP contribution is -2.38. The van der Waals surface area contributed by atoms with Crippen molar-refractivity contribution in [3.05, 3.63) is 24.0 Å². The van der Waals surface area contributed by atoms with Crippen molar-refractivity contribution in [2.24, 2.45) is 0 Å². The first-order chi connectivity index (χ1) is 9.13. The van der Waals surface area contributed by atoms with E-state index in [1.165, 1.54) is 13.1 Å². The number of anilines is 1. The maximum atomic E-state index is 13.7. The minimum absolute atomic E-state index is 0.0538. The number of rotatable bonds is 3. The average Bonchev–Trinajstić information content (AvgIpc) is 2.68. The summed E-state index contributed by atoms with van der Waals surface area (Å²) in [6.07, 6.45) is 0.217. The van der Waals surface area contributed by atoms with Crippen molar-refractivity contribution in [2.45, 2.75) is 17.4 Å². The van der Waals surface area contributed by atoms with Gasteiger partial charge in [-0.3, -0.25) is 0 Å². The summed E-state index contributed by atoms with van der Waals surface area (Å²) in [5.41, 5.74) is 5.49. The molecule has 1 aliphatic heterocycles. The van der Waals surface area contributed by atoms with Gasteiger partial charge in [0.15, 0.2) is 9.84 Å². The van der Waals surface area contributed by atoms with Gasteiger partial charge in [-0.25, -0.2) is 21.2 Å². The van der Waals surface area contributed by atoms with Crippen LogP contribution < -0.4 is 5.73 Å². The zero-order chi connectivity index (χ0) is 15.1. The molecule has 1 aromatic rings. The van der Waals surface area contributed by atoms with E-state index in [2.05, 4.69) is 0 Å². The maximum Gasteiger partial charge on any atom is 0.246 e. The summed E-state index contributed by atoms with van der Waals surface area (Å²) in [6.45, 7) is 0. The molecule has 0 radical (unpaired) electrons. The minimum Gasteiger partial charge on any atom is -0.399 e. The molecule has 9 heteroatoms. The topological polar surface area (TPSA) is 97.5 Å². The van der Waals surface area contributed by atoms with Gasteiger partial charge in [0.1, 0.15) is 10.7 Å². The lowest BCUT2D eigenvalue weighted by molar-refractivity contribution is 0.391. The standard InChI is InChI=1S/C11H15FN2O4S2/c1-14(9-4-5-19(15,16)7-9)20(17,18)11-3-2-8(13)6-10(11)12/h2-3,6,9H,4-5,7,13H2,1H3. The Morgan fingerprint density at radius 1 is 1.40 bits per heavy atom. The third-order valence-electron chi connectivity index (χ3n) is 3.34. The number of nitrogens with two attached hydrogens (primary N) is 1. The minimum atomic E-state index is -4.08. The van der Waals surface area contributed by atoms with E-state index in [4.69, 9.17) is 5.73 Å². The molecule has 2 rings (SSSR count). The van der Waals surface area contributed by atoms with Crippen LogP contribution in [0.1, 0.15) is 6.42 Å². The van der Waals surface area contributed by atoms with Gasteiger partial charge in [0.2, 0.25) is 10.0 Å². The molecule has 1 fully saturated rings. The van der Waals surface area contributed by atoms with Crippen molar-refractivity contribution in [1.82, 2.24) is 4.31 Å².